The SMILES string of the molecule is CCC(=O)OC.CCC(I)(I)I. The molecule has 0 bridgehead atoms. The first-order chi connectivity index (χ1) is 5.37. The van der Waals surface area contributed by atoms with E-state index in [-0.39, 0.29) is 5.97 Å². The summed E-state index contributed by atoms with van der Waals surface area (Å²) in [5.41, 5.74) is 0. The summed E-state index contributed by atoms with van der Waals surface area (Å²) in [5.74, 6) is -0.157. The summed E-state index contributed by atoms with van der Waals surface area (Å²) in [6.07, 6.45) is 1.70. The Hall–Kier alpha value is 1.66. The molecule has 0 aliphatic carbocycles. The fourth-order valence-electron chi connectivity index (χ4n) is 0.144. The lowest BCUT2D eigenvalue weighted by Gasteiger charge is -2.04. The van der Waals surface area contributed by atoms with Gasteiger partial charge in [-0.15, -0.1) is 0 Å². The minimum Gasteiger partial charge on any atom is -0.469 e. The van der Waals surface area contributed by atoms with E-state index in [1.165, 1.54) is 13.5 Å². The molecular weight excluding hydrogens is 497 g/mol. The first-order valence-corrected chi connectivity index (χ1v) is 6.74. The number of carbonyl (C=O) groups excluding carboxylic acids is 1. The lowest BCUT2D eigenvalue weighted by Crippen LogP contribution is -1.94. The lowest BCUT2D eigenvalue weighted by molar-refractivity contribution is -0.140. The van der Waals surface area contributed by atoms with Gasteiger partial charge in [-0.1, -0.05) is 81.6 Å². The third-order valence-electron chi connectivity index (χ3n) is 0.917. The standard InChI is InChI=1S/C4H8O2.C3H5I3/c1-3-4(5)6-2;1-2-3(4,5)6/h3H2,1-2H3;2H2,1H3. The van der Waals surface area contributed by atoms with Gasteiger partial charge in [0.2, 0.25) is 0 Å². The third-order valence-corrected chi connectivity index (χ3v) is 3.21. The van der Waals surface area contributed by atoms with E-state index < -0.39 is 0 Å². The Labute approximate surface area is 115 Å². The van der Waals surface area contributed by atoms with Crippen LogP contribution in [-0.4, -0.2) is 12.5 Å². The number of carbonyl (C=O) groups is 1. The topological polar surface area (TPSA) is 26.3 Å². The molecule has 0 atom stereocenters. The summed E-state index contributed by atoms with van der Waals surface area (Å²) < 4.78 is 4.71. The van der Waals surface area contributed by atoms with Gasteiger partial charge in [0.25, 0.3) is 0 Å². The van der Waals surface area contributed by atoms with Gasteiger partial charge in [0.05, 0.1) is 7.11 Å². The van der Waals surface area contributed by atoms with Gasteiger partial charge in [-0.05, 0) is 6.42 Å². The van der Waals surface area contributed by atoms with Crippen LogP contribution in [-0.2, 0) is 9.53 Å². The second-order valence-electron chi connectivity index (χ2n) is 1.90. The maximum atomic E-state index is 9.96. The molecule has 0 heterocycles. The van der Waals surface area contributed by atoms with Crippen LogP contribution in [0.15, 0.2) is 0 Å². The number of hydrogen-bond acceptors (Lipinski definition) is 2. The summed E-state index contributed by atoms with van der Waals surface area (Å²) in [7, 11) is 1.38. The van der Waals surface area contributed by atoms with Crippen LogP contribution >= 0.6 is 67.8 Å². The second-order valence-corrected chi connectivity index (χ2v) is 13.6. The first kappa shape index (κ1) is 16.1. The van der Waals surface area contributed by atoms with Gasteiger partial charge in [-0.25, -0.2) is 0 Å². The molecule has 0 amide bonds. The van der Waals surface area contributed by atoms with Crippen LogP contribution in [0, 0.1) is 0 Å². The highest BCUT2D eigenvalue weighted by Gasteiger charge is 2.11. The molecule has 0 saturated heterocycles. The molecule has 0 aliphatic rings. The summed E-state index contributed by atoms with van der Waals surface area (Å²) in [6, 6.07) is 0. The van der Waals surface area contributed by atoms with E-state index in [4.69, 9.17) is 0 Å². The van der Waals surface area contributed by atoms with Crippen molar-refractivity contribution in [2.24, 2.45) is 0 Å². The van der Waals surface area contributed by atoms with Crippen LogP contribution in [0.3, 0.4) is 0 Å². The number of alkyl halides is 3. The molecule has 0 aromatic heterocycles. The van der Waals surface area contributed by atoms with Crippen LogP contribution in [0.4, 0.5) is 0 Å². The van der Waals surface area contributed by atoms with E-state index in [9.17, 15) is 4.79 Å². The van der Waals surface area contributed by atoms with Crippen molar-refractivity contribution in [1.82, 2.24) is 0 Å². The van der Waals surface area contributed by atoms with Gasteiger partial charge >= 0.3 is 5.97 Å². The Kier molecular flexibility index (Phi) is 12.4. The average molecular weight is 510 g/mol. The Balaban J connectivity index is 0. The molecule has 0 saturated carbocycles. The van der Waals surface area contributed by atoms with E-state index in [2.05, 4.69) is 79.4 Å². The first-order valence-electron chi connectivity index (χ1n) is 3.50. The minimum atomic E-state index is -0.157. The highest BCUT2D eigenvalue weighted by Crippen LogP contribution is 2.38. The largest absolute Gasteiger partial charge is 0.469 e. The summed E-state index contributed by atoms with van der Waals surface area (Å²) in [4.78, 5) is 9.96. The molecule has 12 heavy (non-hydrogen) atoms. The van der Waals surface area contributed by atoms with Crippen molar-refractivity contribution in [3.8, 4) is 0 Å². The van der Waals surface area contributed by atoms with Crippen molar-refractivity contribution in [3.63, 3.8) is 0 Å². The zero-order valence-corrected chi connectivity index (χ0v) is 13.8. The van der Waals surface area contributed by atoms with Gasteiger partial charge < -0.3 is 4.74 Å². The van der Waals surface area contributed by atoms with Crippen molar-refractivity contribution in [2.75, 3.05) is 7.11 Å². The normalized spacial score (nSPS) is 9.83. The average Bonchev–Trinajstić information content (AvgIpc) is 2.03. The predicted octanol–water partition coefficient (Wildman–Crippen LogP) is 3.92. The number of methoxy groups -OCH3 is 1. The lowest BCUT2D eigenvalue weighted by atomic mass is 10.5. The van der Waals surface area contributed by atoms with Crippen LogP contribution in [0.5, 0.6) is 0 Å². The molecule has 0 aliphatic heterocycles. The monoisotopic (exact) mass is 510 g/mol. The molecule has 0 rings (SSSR count). The van der Waals surface area contributed by atoms with Gasteiger partial charge in [0.15, 0.2) is 0 Å². The molecule has 0 unspecified atom stereocenters. The molecule has 0 radical (unpaired) electrons. The molecular formula is C7H13I3O2. The number of ether oxygens (including phenoxy) is 1. The van der Waals surface area contributed by atoms with Crippen molar-refractivity contribution in [2.45, 2.75) is 26.1 Å². The maximum Gasteiger partial charge on any atom is 0.305 e. The Morgan fingerprint density at radius 2 is 1.67 bits per heavy atom. The van der Waals surface area contributed by atoms with E-state index >= 15 is 0 Å². The predicted molar refractivity (Wildman–Crippen MR) is 77.4 cm³/mol. The molecule has 0 aromatic carbocycles. The highest BCUT2D eigenvalue weighted by atomic mass is 127. The molecule has 2 nitrogen and oxygen atoms in total. The van der Waals surface area contributed by atoms with Crippen molar-refractivity contribution in [3.05, 3.63) is 0 Å². The second kappa shape index (κ2) is 9.22. The van der Waals surface area contributed by atoms with E-state index in [0.29, 0.717) is 5.86 Å². The van der Waals surface area contributed by atoms with Gasteiger partial charge in [0, 0.05) is 6.42 Å². The summed E-state index contributed by atoms with van der Waals surface area (Å²) in [6.45, 7) is 3.94. The molecule has 5 heteroatoms. The van der Waals surface area contributed by atoms with Crippen LogP contribution in [0.25, 0.3) is 0 Å². The number of rotatable bonds is 2. The Morgan fingerprint density at radius 1 is 1.33 bits per heavy atom. The van der Waals surface area contributed by atoms with Crippen LogP contribution in [0.1, 0.15) is 26.7 Å². The summed E-state index contributed by atoms with van der Waals surface area (Å²) in [5, 5.41) is 0. The van der Waals surface area contributed by atoms with Crippen LogP contribution < -0.4 is 0 Å². The zero-order valence-electron chi connectivity index (χ0n) is 7.36. The number of halogens is 3. The van der Waals surface area contributed by atoms with Crippen molar-refractivity contribution < 1.29 is 9.53 Å². The fraction of sp³-hybridized carbons (Fsp3) is 0.857. The van der Waals surface area contributed by atoms with E-state index in [0.717, 1.165) is 0 Å². The van der Waals surface area contributed by atoms with Gasteiger partial charge in [-0.3, -0.25) is 4.79 Å². The minimum absolute atomic E-state index is 0.157. The maximum absolute atomic E-state index is 9.96. The number of esters is 1. The molecule has 0 N–H and O–H groups in total. The molecule has 0 aromatic rings. The third kappa shape index (κ3) is 17.7. The van der Waals surface area contributed by atoms with E-state index in [1.807, 2.05) is 0 Å². The highest BCUT2D eigenvalue weighted by molar-refractivity contribution is 14.3. The van der Waals surface area contributed by atoms with Crippen molar-refractivity contribution in [1.29, 1.82) is 0 Å². The summed E-state index contributed by atoms with van der Waals surface area (Å²) >= 11 is 7.24. The Bertz CT molecular complexity index is 114. The zero-order chi connectivity index (χ0) is 10.2. The molecule has 74 valence electrons. The van der Waals surface area contributed by atoms with Crippen LogP contribution in [0.2, 0.25) is 0 Å². The number of hydrogen-bond donors (Lipinski definition) is 0. The van der Waals surface area contributed by atoms with E-state index in [1.54, 1.807) is 6.92 Å². The smallest absolute Gasteiger partial charge is 0.305 e. The molecule has 0 spiro atoms. The fourth-order valence-corrected chi connectivity index (χ4v) is 0.144. The van der Waals surface area contributed by atoms with Gasteiger partial charge in [0.1, 0.15) is -0.565 Å². The quantitative estimate of drug-likeness (QED) is 0.320. The Morgan fingerprint density at radius 3 is 1.67 bits per heavy atom. The van der Waals surface area contributed by atoms with Crippen molar-refractivity contribution >= 4 is 73.7 Å². The molecule has 0 fully saturated rings. The van der Waals surface area contributed by atoms with Gasteiger partial charge in [-0.2, -0.15) is 0 Å².